The second-order valence-corrected chi connectivity index (χ2v) is 8.48. The molecule has 0 aliphatic carbocycles. The monoisotopic (exact) mass is 423 g/mol. The van der Waals surface area contributed by atoms with E-state index in [1.807, 2.05) is 39.0 Å². The third-order valence-electron chi connectivity index (χ3n) is 5.43. The number of anilines is 1. The summed E-state index contributed by atoms with van der Waals surface area (Å²) < 4.78 is 13.0. The van der Waals surface area contributed by atoms with Gasteiger partial charge in [0, 0.05) is 12.1 Å². The summed E-state index contributed by atoms with van der Waals surface area (Å²) in [6.45, 7) is 5.84. The number of halogens is 1. The van der Waals surface area contributed by atoms with Crippen LogP contribution in [-0.4, -0.2) is 33.9 Å². The highest BCUT2D eigenvalue weighted by Crippen LogP contribution is 2.41. The van der Waals surface area contributed by atoms with E-state index in [4.69, 9.17) is 4.98 Å². The van der Waals surface area contributed by atoms with Crippen LogP contribution in [0.5, 0.6) is 0 Å². The zero-order valence-electron chi connectivity index (χ0n) is 17.8. The molecule has 0 bridgehead atoms. The van der Waals surface area contributed by atoms with Gasteiger partial charge >= 0.3 is 0 Å². The van der Waals surface area contributed by atoms with E-state index in [1.54, 1.807) is 18.2 Å². The maximum absolute atomic E-state index is 14.1. The Morgan fingerprint density at radius 2 is 1.94 bits per heavy atom. The van der Waals surface area contributed by atoms with E-state index in [9.17, 15) is 14.7 Å². The molecule has 4 rings (SSSR count). The first kappa shape index (κ1) is 21.3. The molecule has 1 unspecified atom stereocenters. The fraction of sp³-hybridized carbons (Fsp3) is 0.304. The second kappa shape index (κ2) is 7.97. The van der Waals surface area contributed by atoms with Gasteiger partial charge in [0.1, 0.15) is 18.2 Å². The minimum absolute atomic E-state index is 0.124. The molecule has 2 aromatic carbocycles. The molecule has 0 amide bonds. The number of aliphatic hydroxyl groups excluding tert-OH is 1. The summed E-state index contributed by atoms with van der Waals surface area (Å²) in [7, 11) is 0. The first-order valence-electron chi connectivity index (χ1n) is 10.2. The third-order valence-corrected chi connectivity index (χ3v) is 5.43. The molecule has 31 heavy (non-hydrogen) atoms. The largest absolute Gasteiger partial charge is 0.620 e. The van der Waals surface area contributed by atoms with Crippen LogP contribution in [0.2, 0.25) is 0 Å². The minimum atomic E-state index is -0.791. The molecule has 1 aromatic heterocycles. The molecule has 0 saturated heterocycles. The van der Waals surface area contributed by atoms with Gasteiger partial charge in [-0.3, -0.25) is 9.96 Å². The average Bonchev–Trinajstić information content (AvgIpc) is 2.74. The molecule has 8 heteroatoms. The van der Waals surface area contributed by atoms with E-state index in [0.29, 0.717) is 34.9 Å². The van der Waals surface area contributed by atoms with Crippen LogP contribution in [0.4, 0.5) is 21.8 Å². The van der Waals surface area contributed by atoms with Crippen molar-refractivity contribution in [3.63, 3.8) is 0 Å². The number of rotatable bonds is 5. The van der Waals surface area contributed by atoms with E-state index in [0.717, 1.165) is 5.56 Å². The number of hydrogen-bond donors (Lipinski definition) is 3. The van der Waals surface area contributed by atoms with Crippen molar-refractivity contribution < 1.29 is 9.50 Å². The van der Waals surface area contributed by atoms with Gasteiger partial charge in [-0.1, -0.05) is 18.2 Å². The number of aryl methyl sites for hydroxylation is 1. The van der Waals surface area contributed by atoms with E-state index in [-0.39, 0.29) is 25.0 Å². The first-order chi connectivity index (χ1) is 14.7. The predicted molar refractivity (Wildman–Crippen MR) is 120 cm³/mol. The topological polar surface area (TPSA) is 93.1 Å². The van der Waals surface area contributed by atoms with Crippen molar-refractivity contribution in [2.24, 2.45) is 0 Å². The number of fused-ring (bicyclic) bond motifs is 1. The van der Waals surface area contributed by atoms with Gasteiger partial charge in [-0.2, -0.15) is 4.98 Å². The van der Waals surface area contributed by atoms with Gasteiger partial charge in [-0.05, 0) is 56.7 Å². The van der Waals surface area contributed by atoms with Crippen molar-refractivity contribution in [1.82, 2.24) is 19.9 Å². The summed E-state index contributed by atoms with van der Waals surface area (Å²) in [5.74, 6) is 0.239. The Bertz CT molecular complexity index is 1110. The lowest BCUT2D eigenvalue weighted by molar-refractivity contribution is 0.233. The minimum Gasteiger partial charge on any atom is -0.620 e. The molecule has 2 heterocycles. The van der Waals surface area contributed by atoms with Crippen molar-refractivity contribution in [2.75, 3.05) is 18.6 Å². The van der Waals surface area contributed by atoms with E-state index in [1.165, 1.54) is 12.1 Å². The van der Waals surface area contributed by atoms with E-state index >= 15 is 0 Å². The van der Waals surface area contributed by atoms with E-state index < -0.39 is 10.2 Å². The number of quaternary nitrogens is 1. The number of benzene rings is 2. The molecule has 1 aliphatic heterocycles. The first-order valence-corrected chi connectivity index (χ1v) is 10.2. The van der Waals surface area contributed by atoms with Crippen LogP contribution in [0, 0.1) is 17.9 Å². The SMILES string of the molecule is Cc1cc(F)ccc1-c1nc(NC(C)(C)CO)nc2c1CNC[N+]2([O-])c1ccccc1. The zero-order valence-corrected chi connectivity index (χ0v) is 17.8. The van der Waals surface area contributed by atoms with Crippen molar-refractivity contribution in [2.45, 2.75) is 32.9 Å². The Labute approximate surface area is 180 Å². The smallest absolute Gasteiger partial charge is 0.243 e. The lowest BCUT2D eigenvalue weighted by atomic mass is 10.00. The van der Waals surface area contributed by atoms with Crippen LogP contribution >= 0.6 is 0 Å². The number of nitrogens with one attached hydrogen (secondary N) is 2. The Morgan fingerprint density at radius 1 is 1.19 bits per heavy atom. The Kier molecular flexibility index (Phi) is 5.49. The zero-order chi connectivity index (χ0) is 22.2. The fourth-order valence-electron chi connectivity index (χ4n) is 3.74. The summed E-state index contributed by atoms with van der Waals surface area (Å²) in [5, 5.41) is 30.1. The molecule has 3 aromatic rings. The van der Waals surface area contributed by atoms with Gasteiger partial charge in [0.2, 0.25) is 11.8 Å². The molecule has 0 fully saturated rings. The predicted octanol–water partition coefficient (Wildman–Crippen LogP) is 3.97. The normalized spacial score (nSPS) is 18.5. The maximum atomic E-state index is 14.1. The van der Waals surface area contributed by atoms with Crippen LogP contribution in [0.15, 0.2) is 48.5 Å². The van der Waals surface area contributed by atoms with Crippen LogP contribution in [0.3, 0.4) is 0 Å². The van der Waals surface area contributed by atoms with Crippen LogP contribution in [-0.2, 0) is 6.54 Å². The van der Waals surface area contributed by atoms with E-state index in [2.05, 4.69) is 15.6 Å². The second-order valence-electron chi connectivity index (χ2n) is 8.48. The lowest BCUT2D eigenvalue weighted by Gasteiger charge is -2.44. The molecule has 162 valence electrons. The summed E-state index contributed by atoms with van der Waals surface area (Å²) in [6.07, 6.45) is 0. The van der Waals surface area contributed by atoms with Crippen molar-refractivity contribution in [3.05, 3.63) is 70.7 Å². The molecular formula is C23H26FN5O2. The molecular weight excluding hydrogens is 397 g/mol. The van der Waals surface area contributed by atoms with Gasteiger partial charge in [-0.25, -0.2) is 9.37 Å². The molecule has 1 atom stereocenters. The highest BCUT2D eigenvalue weighted by atomic mass is 19.1. The van der Waals surface area contributed by atoms with Gasteiger partial charge in [0.25, 0.3) is 0 Å². The summed E-state index contributed by atoms with van der Waals surface area (Å²) in [4.78, 5) is 9.32. The van der Waals surface area contributed by atoms with Crippen molar-refractivity contribution in [3.8, 4) is 11.3 Å². The fourth-order valence-corrected chi connectivity index (χ4v) is 3.74. The molecule has 0 radical (unpaired) electrons. The van der Waals surface area contributed by atoms with Gasteiger partial charge in [0.15, 0.2) is 0 Å². The molecule has 3 N–H and O–H groups in total. The van der Waals surface area contributed by atoms with Gasteiger partial charge in [0.05, 0.1) is 23.4 Å². The standard InChI is InChI=1S/C23H26FN5O2/c1-15-11-16(24)9-10-18(15)20-19-12-25-14-29(31,17-7-5-4-6-8-17)21(19)27-22(26-20)28-23(2,3)13-30/h4-11,25,30H,12-14H2,1-3H3,(H,26,27,28). The highest BCUT2D eigenvalue weighted by Gasteiger charge is 2.36. The summed E-state index contributed by atoms with van der Waals surface area (Å²) >= 11 is 0. The maximum Gasteiger partial charge on any atom is 0.243 e. The van der Waals surface area contributed by atoms with Gasteiger partial charge in [-0.15, -0.1) is 0 Å². The molecule has 0 spiro atoms. The summed E-state index contributed by atoms with van der Waals surface area (Å²) in [6, 6.07) is 13.6. The Morgan fingerprint density at radius 3 is 2.61 bits per heavy atom. The Balaban J connectivity index is 1.97. The van der Waals surface area contributed by atoms with Crippen LogP contribution < -0.4 is 15.3 Å². The highest BCUT2D eigenvalue weighted by molar-refractivity contribution is 5.75. The molecule has 7 nitrogen and oxygen atoms in total. The van der Waals surface area contributed by atoms with Crippen LogP contribution in [0.1, 0.15) is 25.0 Å². The Hall–Kier alpha value is -2.91. The molecule has 0 saturated carbocycles. The number of para-hydroxylation sites is 1. The number of nitrogens with zero attached hydrogens (tertiary/aromatic N) is 3. The number of aromatic nitrogens is 2. The van der Waals surface area contributed by atoms with Crippen LogP contribution in [0.25, 0.3) is 11.3 Å². The third kappa shape index (κ3) is 4.03. The number of hydrogen-bond acceptors (Lipinski definition) is 6. The summed E-state index contributed by atoms with van der Waals surface area (Å²) in [5.41, 5.74) is 2.54. The van der Waals surface area contributed by atoms with Gasteiger partial charge < -0.3 is 15.6 Å². The number of aliphatic hydroxyl groups is 1. The molecule has 1 aliphatic rings. The quantitative estimate of drug-likeness (QED) is 0.425. The number of hydroxylamine groups is 1. The average molecular weight is 423 g/mol. The lowest BCUT2D eigenvalue weighted by Crippen LogP contribution is -2.50. The van der Waals surface area contributed by atoms with Crippen molar-refractivity contribution in [1.29, 1.82) is 0 Å². The van der Waals surface area contributed by atoms with Crippen molar-refractivity contribution >= 4 is 17.5 Å².